The molecule has 0 aliphatic rings. The minimum absolute atomic E-state index is 1.10. The molecule has 244 valence electrons. The Morgan fingerprint density at radius 2 is 0.808 bits per heavy atom. The molecule has 0 radical (unpaired) electrons. The van der Waals surface area contributed by atoms with Crippen LogP contribution in [-0.4, -0.2) is 4.57 Å². The Morgan fingerprint density at radius 3 is 1.52 bits per heavy atom. The molecule has 0 saturated heterocycles. The summed E-state index contributed by atoms with van der Waals surface area (Å²) in [5, 5.41) is 7.54. The van der Waals surface area contributed by atoms with Crippen LogP contribution in [0.1, 0.15) is 0 Å². The van der Waals surface area contributed by atoms with Gasteiger partial charge in [-0.25, -0.2) is 0 Å². The molecule has 0 fully saturated rings. The van der Waals surface area contributed by atoms with Gasteiger partial charge in [0.25, 0.3) is 0 Å². The topological polar surface area (TPSA) is 8.17 Å². The largest absolute Gasteiger partial charge is 0.310 e. The average Bonchev–Trinajstić information content (AvgIpc) is 3.56. The molecule has 0 aliphatic heterocycles. The first kappa shape index (κ1) is 30.0. The second kappa shape index (κ2) is 12.5. The Balaban J connectivity index is 1.10. The van der Waals surface area contributed by atoms with Gasteiger partial charge in [0, 0.05) is 33.4 Å². The van der Waals surface area contributed by atoms with Crippen LogP contribution in [0, 0.1) is 0 Å². The number of nitrogens with zero attached hydrogens (tertiary/aromatic N) is 2. The number of anilines is 3. The fraction of sp³-hybridized carbons (Fsp3) is 0. The fourth-order valence-corrected chi connectivity index (χ4v) is 7.91. The van der Waals surface area contributed by atoms with Crippen LogP contribution in [-0.2, 0) is 0 Å². The van der Waals surface area contributed by atoms with Crippen molar-refractivity contribution in [2.75, 3.05) is 4.90 Å². The maximum atomic E-state index is 2.41. The van der Waals surface area contributed by atoms with E-state index in [0.29, 0.717) is 0 Å². The van der Waals surface area contributed by atoms with Crippen LogP contribution < -0.4 is 4.90 Å². The Bertz CT molecular complexity index is 2830. The summed E-state index contributed by atoms with van der Waals surface area (Å²) in [5.74, 6) is 0. The van der Waals surface area contributed by atoms with Crippen LogP contribution in [0.5, 0.6) is 0 Å². The van der Waals surface area contributed by atoms with Gasteiger partial charge in [-0.15, -0.1) is 0 Å². The molecule has 0 atom stereocenters. The van der Waals surface area contributed by atoms with E-state index in [1.54, 1.807) is 0 Å². The lowest BCUT2D eigenvalue weighted by Crippen LogP contribution is -2.10. The maximum Gasteiger partial charge on any atom is 0.0541 e. The summed E-state index contributed by atoms with van der Waals surface area (Å²) in [7, 11) is 0. The molecule has 0 N–H and O–H groups in total. The van der Waals surface area contributed by atoms with Gasteiger partial charge < -0.3 is 9.47 Å². The Kier molecular flexibility index (Phi) is 7.18. The van der Waals surface area contributed by atoms with Crippen molar-refractivity contribution in [1.82, 2.24) is 4.57 Å². The standard InChI is InChI=1S/C50H34N2/c1-2-12-35(13-3-1)36-24-28-40(29-25-36)51(42-32-33-44-39(34-42)23-22-37-14-4-5-15-43(37)44)41-30-26-38(27-31-41)45-16-6-9-19-48(45)52-49-20-10-7-17-46(49)47-18-8-11-21-50(47)52/h1-34H. The van der Waals surface area contributed by atoms with Crippen LogP contribution in [0.4, 0.5) is 17.1 Å². The first-order valence-electron chi connectivity index (χ1n) is 17.9. The summed E-state index contributed by atoms with van der Waals surface area (Å²) in [4.78, 5) is 2.37. The number of benzene rings is 9. The van der Waals surface area contributed by atoms with Gasteiger partial charge in [-0.1, -0.05) is 152 Å². The zero-order chi connectivity index (χ0) is 34.4. The molecule has 0 bridgehead atoms. The minimum Gasteiger partial charge on any atom is -0.310 e. The van der Waals surface area contributed by atoms with Crippen molar-refractivity contribution >= 4 is 60.4 Å². The van der Waals surface area contributed by atoms with E-state index in [9.17, 15) is 0 Å². The molecule has 0 saturated carbocycles. The molecule has 10 rings (SSSR count). The molecule has 0 unspecified atom stereocenters. The predicted octanol–water partition coefficient (Wildman–Crippen LogP) is 13.9. The van der Waals surface area contributed by atoms with Crippen molar-refractivity contribution in [3.8, 4) is 27.9 Å². The first-order valence-corrected chi connectivity index (χ1v) is 17.9. The molecular weight excluding hydrogens is 629 g/mol. The van der Waals surface area contributed by atoms with Gasteiger partial charge in [-0.2, -0.15) is 0 Å². The van der Waals surface area contributed by atoms with E-state index in [-0.39, 0.29) is 0 Å². The molecule has 1 aromatic heterocycles. The van der Waals surface area contributed by atoms with Gasteiger partial charge in [-0.3, -0.25) is 0 Å². The second-order valence-electron chi connectivity index (χ2n) is 13.4. The van der Waals surface area contributed by atoms with Crippen molar-refractivity contribution in [2.45, 2.75) is 0 Å². The summed E-state index contributed by atoms with van der Waals surface area (Å²) in [5.41, 5.74) is 11.7. The maximum absolute atomic E-state index is 2.41. The molecule has 52 heavy (non-hydrogen) atoms. The summed E-state index contributed by atoms with van der Waals surface area (Å²) < 4.78 is 2.41. The van der Waals surface area contributed by atoms with E-state index in [0.717, 1.165) is 17.1 Å². The Hall–Kier alpha value is -6.90. The molecular formula is C50H34N2. The normalized spacial score (nSPS) is 11.5. The number of aromatic nitrogens is 1. The lowest BCUT2D eigenvalue weighted by atomic mass is 10.00. The predicted molar refractivity (Wildman–Crippen MR) is 221 cm³/mol. The lowest BCUT2D eigenvalue weighted by Gasteiger charge is -2.26. The fourth-order valence-electron chi connectivity index (χ4n) is 7.91. The summed E-state index contributed by atoms with van der Waals surface area (Å²) in [6.45, 7) is 0. The highest BCUT2D eigenvalue weighted by atomic mass is 15.1. The minimum atomic E-state index is 1.10. The van der Waals surface area contributed by atoms with Crippen LogP contribution in [0.25, 0.3) is 71.3 Å². The molecule has 2 heteroatoms. The quantitative estimate of drug-likeness (QED) is 0.161. The molecule has 9 aromatic carbocycles. The van der Waals surface area contributed by atoms with E-state index in [2.05, 4.69) is 216 Å². The van der Waals surface area contributed by atoms with Gasteiger partial charge in [0.05, 0.1) is 16.7 Å². The van der Waals surface area contributed by atoms with Crippen LogP contribution in [0.15, 0.2) is 206 Å². The monoisotopic (exact) mass is 662 g/mol. The number of rotatable bonds is 6. The highest BCUT2D eigenvalue weighted by Crippen LogP contribution is 2.40. The summed E-state index contributed by atoms with van der Waals surface area (Å²) in [6.07, 6.45) is 0. The summed E-state index contributed by atoms with van der Waals surface area (Å²) >= 11 is 0. The van der Waals surface area contributed by atoms with Crippen molar-refractivity contribution in [1.29, 1.82) is 0 Å². The lowest BCUT2D eigenvalue weighted by molar-refractivity contribution is 1.18. The van der Waals surface area contributed by atoms with E-state index in [1.807, 2.05) is 0 Å². The number of hydrogen-bond acceptors (Lipinski definition) is 1. The number of para-hydroxylation sites is 3. The van der Waals surface area contributed by atoms with E-state index in [1.165, 1.54) is 71.3 Å². The smallest absolute Gasteiger partial charge is 0.0541 e. The van der Waals surface area contributed by atoms with Crippen LogP contribution in [0.2, 0.25) is 0 Å². The second-order valence-corrected chi connectivity index (χ2v) is 13.4. The van der Waals surface area contributed by atoms with Crippen LogP contribution >= 0.6 is 0 Å². The van der Waals surface area contributed by atoms with Crippen molar-refractivity contribution in [3.05, 3.63) is 206 Å². The highest BCUT2D eigenvalue weighted by Gasteiger charge is 2.17. The number of hydrogen-bond donors (Lipinski definition) is 0. The van der Waals surface area contributed by atoms with E-state index < -0.39 is 0 Å². The third kappa shape index (κ3) is 5.04. The summed E-state index contributed by atoms with van der Waals surface area (Å²) in [6, 6.07) is 74.6. The van der Waals surface area contributed by atoms with Gasteiger partial charge >= 0.3 is 0 Å². The van der Waals surface area contributed by atoms with Crippen molar-refractivity contribution in [3.63, 3.8) is 0 Å². The van der Waals surface area contributed by atoms with E-state index >= 15 is 0 Å². The Morgan fingerprint density at radius 1 is 0.308 bits per heavy atom. The molecule has 2 nitrogen and oxygen atoms in total. The van der Waals surface area contributed by atoms with E-state index in [4.69, 9.17) is 0 Å². The van der Waals surface area contributed by atoms with Gasteiger partial charge in [0.15, 0.2) is 0 Å². The zero-order valence-corrected chi connectivity index (χ0v) is 28.5. The SMILES string of the molecule is c1ccc(-c2ccc(N(c3ccc(-c4ccccc4-n4c5ccccc5c5ccccc54)cc3)c3ccc4c(ccc5ccccc54)c3)cc2)cc1. The third-order valence-electron chi connectivity index (χ3n) is 10.4. The molecule has 1 heterocycles. The molecule has 0 aliphatic carbocycles. The third-order valence-corrected chi connectivity index (χ3v) is 10.4. The number of fused-ring (bicyclic) bond motifs is 6. The first-order chi connectivity index (χ1) is 25.8. The zero-order valence-electron chi connectivity index (χ0n) is 28.5. The van der Waals surface area contributed by atoms with Gasteiger partial charge in [0.1, 0.15) is 0 Å². The molecule has 0 amide bonds. The van der Waals surface area contributed by atoms with Crippen LogP contribution in [0.3, 0.4) is 0 Å². The van der Waals surface area contributed by atoms with Crippen molar-refractivity contribution in [2.24, 2.45) is 0 Å². The highest BCUT2D eigenvalue weighted by molar-refractivity contribution is 6.10. The van der Waals surface area contributed by atoms with Crippen molar-refractivity contribution < 1.29 is 0 Å². The molecule has 0 spiro atoms. The van der Waals surface area contributed by atoms with Gasteiger partial charge in [0.2, 0.25) is 0 Å². The Labute approximate surface area is 303 Å². The van der Waals surface area contributed by atoms with Gasteiger partial charge in [-0.05, 0) is 92.8 Å². The average molecular weight is 663 g/mol. The molecule has 10 aromatic rings.